The number of hydrogen-bond acceptors (Lipinski definition) is 3. The van der Waals surface area contributed by atoms with E-state index in [9.17, 15) is 4.79 Å². The second kappa shape index (κ2) is 9.18. The molecule has 0 aliphatic heterocycles. The first-order valence-electron chi connectivity index (χ1n) is 8.31. The van der Waals surface area contributed by atoms with Crippen LogP contribution in [0, 0.1) is 5.41 Å². The van der Waals surface area contributed by atoms with E-state index in [1.54, 1.807) is 6.92 Å². The largest absolute Gasteiger partial charge is 0.382 e. The van der Waals surface area contributed by atoms with Crippen molar-refractivity contribution in [2.24, 2.45) is 11.1 Å². The summed E-state index contributed by atoms with van der Waals surface area (Å²) in [6.07, 6.45) is 4.54. The molecule has 1 amide bonds. The molecule has 1 aromatic carbocycles. The highest BCUT2D eigenvalue weighted by Gasteiger charge is 2.38. The topological polar surface area (TPSA) is 64.3 Å². The Labute approximate surface area is 159 Å². The SMILES string of the molecule is CCOCCC1(CNC(=O)C(C)(N)c2ccc(Br)cc2)CCC1.Cl. The molecule has 1 fully saturated rings. The Hall–Kier alpha value is -0.620. The predicted octanol–water partition coefficient (Wildman–Crippen LogP) is 3.76. The molecule has 136 valence electrons. The van der Waals surface area contributed by atoms with Crippen molar-refractivity contribution in [1.29, 1.82) is 0 Å². The van der Waals surface area contributed by atoms with E-state index in [1.165, 1.54) is 6.42 Å². The van der Waals surface area contributed by atoms with Crippen LogP contribution >= 0.6 is 28.3 Å². The first-order valence-corrected chi connectivity index (χ1v) is 9.10. The zero-order valence-electron chi connectivity index (χ0n) is 14.4. The molecule has 0 radical (unpaired) electrons. The number of benzene rings is 1. The molecule has 0 aromatic heterocycles. The van der Waals surface area contributed by atoms with Crippen LogP contribution in [0.5, 0.6) is 0 Å². The van der Waals surface area contributed by atoms with E-state index in [4.69, 9.17) is 10.5 Å². The summed E-state index contributed by atoms with van der Waals surface area (Å²) >= 11 is 3.40. The van der Waals surface area contributed by atoms with Gasteiger partial charge in [-0.1, -0.05) is 34.5 Å². The maximum absolute atomic E-state index is 12.6. The molecule has 1 aliphatic rings. The van der Waals surface area contributed by atoms with Gasteiger partial charge in [0, 0.05) is 24.2 Å². The maximum atomic E-state index is 12.6. The summed E-state index contributed by atoms with van der Waals surface area (Å²) < 4.78 is 6.45. The number of amides is 1. The van der Waals surface area contributed by atoms with E-state index in [0.717, 1.165) is 42.5 Å². The Bertz CT molecular complexity index is 530. The summed E-state index contributed by atoms with van der Waals surface area (Å²) in [5.41, 5.74) is 6.28. The Balaban J connectivity index is 0.00000288. The highest BCUT2D eigenvalue weighted by Crippen LogP contribution is 2.43. The van der Waals surface area contributed by atoms with Gasteiger partial charge in [-0.3, -0.25) is 4.79 Å². The Morgan fingerprint density at radius 2 is 2.00 bits per heavy atom. The summed E-state index contributed by atoms with van der Waals surface area (Å²) in [4.78, 5) is 12.6. The van der Waals surface area contributed by atoms with Crippen LogP contribution in [0.1, 0.15) is 45.1 Å². The average Bonchev–Trinajstić information content (AvgIpc) is 2.49. The summed E-state index contributed by atoms with van der Waals surface area (Å²) in [6, 6.07) is 7.59. The number of carbonyl (C=O) groups excluding carboxylic acids is 1. The number of carbonyl (C=O) groups is 1. The molecular formula is C18H28BrClN2O2. The van der Waals surface area contributed by atoms with Crippen molar-refractivity contribution in [1.82, 2.24) is 5.32 Å². The summed E-state index contributed by atoms with van der Waals surface area (Å²) in [5.74, 6) is -0.123. The first-order chi connectivity index (χ1) is 10.9. The lowest BCUT2D eigenvalue weighted by Crippen LogP contribution is -2.52. The summed E-state index contributed by atoms with van der Waals surface area (Å²) in [6.45, 7) is 5.96. The van der Waals surface area contributed by atoms with Gasteiger partial charge >= 0.3 is 0 Å². The van der Waals surface area contributed by atoms with Gasteiger partial charge in [0.15, 0.2) is 0 Å². The number of nitrogens with two attached hydrogens (primary N) is 1. The molecule has 0 saturated heterocycles. The minimum atomic E-state index is -1.02. The van der Waals surface area contributed by atoms with Gasteiger partial charge in [0.05, 0.1) is 0 Å². The number of nitrogens with one attached hydrogen (secondary N) is 1. The third-order valence-corrected chi connectivity index (χ3v) is 5.46. The molecule has 1 aliphatic carbocycles. The molecule has 24 heavy (non-hydrogen) atoms. The standard InChI is InChI=1S/C18H27BrN2O2.ClH/c1-3-23-12-11-18(9-4-10-18)13-21-16(22)17(2,20)14-5-7-15(19)8-6-14;/h5-8H,3-4,9-13,20H2,1-2H3,(H,21,22);1H. The van der Waals surface area contributed by atoms with Gasteiger partial charge in [0.2, 0.25) is 5.91 Å². The van der Waals surface area contributed by atoms with Crippen molar-refractivity contribution in [3.05, 3.63) is 34.3 Å². The lowest BCUT2D eigenvalue weighted by molar-refractivity contribution is -0.127. The predicted molar refractivity (Wildman–Crippen MR) is 103 cm³/mol. The second-order valence-corrected chi connectivity index (χ2v) is 7.61. The minimum absolute atomic E-state index is 0. The quantitative estimate of drug-likeness (QED) is 0.631. The first kappa shape index (κ1) is 21.4. The number of hydrogen-bond donors (Lipinski definition) is 2. The number of rotatable bonds is 8. The van der Waals surface area contributed by atoms with E-state index in [-0.39, 0.29) is 23.7 Å². The zero-order valence-corrected chi connectivity index (χ0v) is 16.8. The van der Waals surface area contributed by atoms with Gasteiger partial charge in [0.25, 0.3) is 0 Å². The van der Waals surface area contributed by atoms with Crippen LogP contribution in [0.3, 0.4) is 0 Å². The molecule has 1 aromatic rings. The number of ether oxygens (including phenoxy) is 1. The van der Waals surface area contributed by atoms with Crippen molar-refractivity contribution in [3.63, 3.8) is 0 Å². The van der Waals surface area contributed by atoms with Crippen molar-refractivity contribution >= 4 is 34.2 Å². The Morgan fingerprint density at radius 1 is 1.38 bits per heavy atom. The van der Waals surface area contributed by atoms with E-state index in [0.29, 0.717) is 6.54 Å². The fraction of sp³-hybridized carbons (Fsp3) is 0.611. The van der Waals surface area contributed by atoms with Gasteiger partial charge in [-0.2, -0.15) is 0 Å². The average molecular weight is 420 g/mol. The van der Waals surface area contributed by atoms with Crippen LogP contribution < -0.4 is 11.1 Å². The molecule has 1 unspecified atom stereocenters. The molecule has 1 atom stereocenters. The number of halogens is 2. The van der Waals surface area contributed by atoms with Gasteiger partial charge in [-0.05, 0) is 56.2 Å². The van der Waals surface area contributed by atoms with Crippen molar-refractivity contribution in [2.75, 3.05) is 19.8 Å². The van der Waals surface area contributed by atoms with Gasteiger partial charge in [-0.15, -0.1) is 12.4 Å². The molecule has 6 heteroatoms. The second-order valence-electron chi connectivity index (χ2n) is 6.69. The van der Waals surface area contributed by atoms with Crippen LogP contribution in [0.25, 0.3) is 0 Å². The van der Waals surface area contributed by atoms with Crippen LogP contribution in [0.15, 0.2) is 28.7 Å². The minimum Gasteiger partial charge on any atom is -0.382 e. The van der Waals surface area contributed by atoms with Crippen molar-refractivity contribution in [3.8, 4) is 0 Å². The summed E-state index contributed by atoms with van der Waals surface area (Å²) in [7, 11) is 0. The lowest BCUT2D eigenvalue weighted by Gasteiger charge is -2.42. The maximum Gasteiger partial charge on any atom is 0.244 e. The van der Waals surface area contributed by atoms with Crippen LogP contribution in [0.4, 0.5) is 0 Å². The molecular weight excluding hydrogens is 392 g/mol. The highest BCUT2D eigenvalue weighted by molar-refractivity contribution is 9.10. The third kappa shape index (κ3) is 5.19. The fourth-order valence-electron chi connectivity index (χ4n) is 3.00. The third-order valence-electron chi connectivity index (χ3n) is 4.93. The summed E-state index contributed by atoms with van der Waals surface area (Å²) in [5, 5.41) is 3.07. The highest BCUT2D eigenvalue weighted by atomic mass is 79.9. The monoisotopic (exact) mass is 418 g/mol. The van der Waals surface area contributed by atoms with Crippen LogP contribution in [-0.2, 0) is 15.1 Å². The van der Waals surface area contributed by atoms with Gasteiger partial charge in [0.1, 0.15) is 5.54 Å². The Kier molecular flexibility index (Phi) is 8.20. The van der Waals surface area contributed by atoms with Gasteiger partial charge in [-0.25, -0.2) is 0 Å². The van der Waals surface area contributed by atoms with Crippen LogP contribution in [-0.4, -0.2) is 25.7 Å². The molecule has 0 bridgehead atoms. The van der Waals surface area contributed by atoms with Crippen LogP contribution in [0.2, 0.25) is 0 Å². The smallest absolute Gasteiger partial charge is 0.244 e. The molecule has 3 N–H and O–H groups in total. The lowest BCUT2D eigenvalue weighted by atomic mass is 9.66. The zero-order chi connectivity index (χ0) is 16.9. The van der Waals surface area contributed by atoms with Crippen molar-refractivity contribution in [2.45, 2.75) is 45.1 Å². The molecule has 0 spiro atoms. The molecule has 1 saturated carbocycles. The molecule has 4 nitrogen and oxygen atoms in total. The fourth-order valence-corrected chi connectivity index (χ4v) is 3.27. The Morgan fingerprint density at radius 3 is 2.50 bits per heavy atom. The van der Waals surface area contributed by atoms with E-state index >= 15 is 0 Å². The normalized spacial score (nSPS) is 18.0. The van der Waals surface area contributed by atoms with Crippen molar-refractivity contribution < 1.29 is 9.53 Å². The van der Waals surface area contributed by atoms with E-state index < -0.39 is 5.54 Å². The molecule has 0 heterocycles. The van der Waals surface area contributed by atoms with E-state index in [2.05, 4.69) is 21.2 Å². The van der Waals surface area contributed by atoms with Gasteiger partial charge < -0.3 is 15.8 Å². The molecule has 2 rings (SSSR count). The van der Waals surface area contributed by atoms with E-state index in [1.807, 2.05) is 31.2 Å².